The van der Waals surface area contributed by atoms with Crippen molar-refractivity contribution in [3.63, 3.8) is 0 Å². The summed E-state index contributed by atoms with van der Waals surface area (Å²) in [6.07, 6.45) is -2.72. The van der Waals surface area contributed by atoms with Gasteiger partial charge in [-0.25, -0.2) is 10.5 Å². The van der Waals surface area contributed by atoms with Crippen LogP contribution in [0.15, 0.2) is 60.8 Å². The van der Waals surface area contributed by atoms with Crippen LogP contribution in [-0.4, -0.2) is 31.2 Å². The number of alkyl halides is 3. The summed E-state index contributed by atoms with van der Waals surface area (Å²) >= 11 is 0. The molecule has 3 aromatic rings. The molecule has 184 valence electrons. The third kappa shape index (κ3) is 5.65. The number of anilines is 2. The molecule has 35 heavy (non-hydrogen) atoms. The first kappa shape index (κ1) is 24.3. The van der Waals surface area contributed by atoms with Crippen LogP contribution in [0, 0.1) is 0 Å². The Balaban J connectivity index is 1.53. The van der Waals surface area contributed by atoms with E-state index < -0.39 is 11.7 Å². The molecule has 2 aromatic carbocycles. The van der Waals surface area contributed by atoms with E-state index in [1.807, 2.05) is 24.0 Å². The van der Waals surface area contributed by atoms with Crippen molar-refractivity contribution in [3.05, 3.63) is 83.0 Å². The minimum absolute atomic E-state index is 0.150. The zero-order valence-corrected chi connectivity index (χ0v) is 19.2. The van der Waals surface area contributed by atoms with Crippen LogP contribution < -0.4 is 20.4 Å². The topological polar surface area (TPSA) is 75.7 Å². The second-order valence-corrected chi connectivity index (χ2v) is 8.09. The molecule has 0 fully saturated rings. The minimum Gasteiger partial charge on any atom is -0.489 e. The molecule has 0 aliphatic carbocycles. The molecule has 1 aromatic heterocycles. The van der Waals surface area contributed by atoms with Crippen LogP contribution >= 0.6 is 0 Å². The zero-order chi connectivity index (χ0) is 25.0. The molecule has 10 heteroatoms. The van der Waals surface area contributed by atoms with Gasteiger partial charge in [-0.2, -0.15) is 13.2 Å². The molecule has 7 nitrogen and oxygen atoms in total. The number of carbonyl (C=O) groups is 1. The van der Waals surface area contributed by atoms with Gasteiger partial charge in [-0.05, 0) is 42.3 Å². The van der Waals surface area contributed by atoms with Gasteiger partial charge in [-0.1, -0.05) is 24.3 Å². The first-order chi connectivity index (χ1) is 16.8. The highest BCUT2D eigenvalue weighted by Crippen LogP contribution is 2.39. The number of hydrogen-bond acceptors (Lipinski definition) is 6. The standard InChI is InChI=1S/C25H25F3N4O3/c1-16(18-5-7-19(8-6-18)24(33)31-34-2)30-23-22-21(11-12-29-23)35-14-13-32(22)15-17-3-9-20(10-4-17)25(26,27)28/h3-12,16H,13-15H2,1-2H3,(H,29,30)(H,31,33)/t16-/m0/s1. The molecule has 2 N–H and O–H groups in total. The summed E-state index contributed by atoms with van der Waals surface area (Å²) in [4.78, 5) is 23.1. The lowest BCUT2D eigenvalue weighted by molar-refractivity contribution is -0.137. The Morgan fingerprint density at radius 1 is 1.14 bits per heavy atom. The quantitative estimate of drug-likeness (QED) is 0.460. The van der Waals surface area contributed by atoms with Gasteiger partial charge in [0.1, 0.15) is 18.0 Å². The zero-order valence-electron chi connectivity index (χ0n) is 19.2. The average molecular weight is 486 g/mol. The fourth-order valence-corrected chi connectivity index (χ4v) is 3.88. The summed E-state index contributed by atoms with van der Waals surface area (Å²) < 4.78 is 44.6. The average Bonchev–Trinajstić information content (AvgIpc) is 2.84. The number of benzene rings is 2. The van der Waals surface area contributed by atoms with Crippen LogP contribution in [0.3, 0.4) is 0 Å². The number of hydroxylamine groups is 1. The normalized spacial score (nSPS) is 14.0. The first-order valence-electron chi connectivity index (χ1n) is 11.0. The van der Waals surface area contributed by atoms with Gasteiger partial charge in [-0.15, -0.1) is 0 Å². The molecule has 1 aliphatic rings. The van der Waals surface area contributed by atoms with Crippen molar-refractivity contribution in [2.45, 2.75) is 25.7 Å². The van der Waals surface area contributed by atoms with Crippen LogP contribution in [0.5, 0.6) is 5.75 Å². The van der Waals surface area contributed by atoms with Crippen molar-refractivity contribution in [1.82, 2.24) is 10.5 Å². The summed E-state index contributed by atoms with van der Waals surface area (Å²) in [5.41, 5.74) is 4.51. The number of rotatable bonds is 7. The van der Waals surface area contributed by atoms with Crippen molar-refractivity contribution in [1.29, 1.82) is 0 Å². The maximum Gasteiger partial charge on any atom is 0.416 e. The molecule has 1 aliphatic heterocycles. The highest BCUT2D eigenvalue weighted by atomic mass is 19.4. The lowest BCUT2D eigenvalue weighted by Gasteiger charge is -2.33. The number of fused-ring (bicyclic) bond motifs is 1. The Morgan fingerprint density at radius 3 is 2.51 bits per heavy atom. The second kappa shape index (κ2) is 10.2. The highest BCUT2D eigenvalue weighted by molar-refractivity contribution is 5.93. The molecule has 1 atom stereocenters. The number of hydrogen-bond donors (Lipinski definition) is 2. The van der Waals surface area contributed by atoms with E-state index in [1.165, 1.54) is 19.2 Å². The van der Waals surface area contributed by atoms with Crippen LogP contribution in [-0.2, 0) is 17.6 Å². The van der Waals surface area contributed by atoms with Gasteiger partial charge >= 0.3 is 6.18 Å². The Labute approximate surface area is 200 Å². The van der Waals surface area contributed by atoms with E-state index in [0.29, 0.717) is 36.8 Å². The van der Waals surface area contributed by atoms with Crippen molar-refractivity contribution in [3.8, 4) is 5.75 Å². The van der Waals surface area contributed by atoms with Crippen LogP contribution in [0.4, 0.5) is 24.7 Å². The van der Waals surface area contributed by atoms with Gasteiger partial charge in [0.15, 0.2) is 5.82 Å². The lowest BCUT2D eigenvalue weighted by atomic mass is 10.1. The number of halogens is 3. The van der Waals surface area contributed by atoms with Crippen molar-refractivity contribution < 1.29 is 27.5 Å². The van der Waals surface area contributed by atoms with Gasteiger partial charge in [0.25, 0.3) is 5.91 Å². The molecular formula is C25H25F3N4O3. The lowest BCUT2D eigenvalue weighted by Crippen LogP contribution is -2.33. The van der Waals surface area contributed by atoms with E-state index in [-0.39, 0.29) is 11.9 Å². The van der Waals surface area contributed by atoms with Crippen molar-refractivity contribution in [2.75, 3.05) is 30.5 Å². The molecule has 0 radical (unpaired) electrons. The molecule has 0 bridgehead atoms. The van der Waals surface area contributed by atoms with Gasteiger partial charge in [0.05, 0.1) is 25.3 Å². The van der Waals surface area contributed by atoms with E-state index in [2.05, 4.69) is 20.6 Å². The largest absolute Gasteiger partial charge is 0.489 e. The predicted octanol–water partition coefficient (Wildman–Crippen LogP) is 4.96. The molecule has 4 rings (SSSR count). The van der Waals surface area contributed by atoms with E-state index >= 15 is 0 Å². The molecule has 0 unspecified atom stereocenters. The molecule has 2 heterocycles. The van der Waals surface area contributed by atoms with Crippen LogP contribution in [0.2, 0.25) is 0 Å². The summed E-state index contributed by atoms with van der Waals surface area (Å²) in [5, 5.41) is 3.40. The summed E-state index contributed by atoms with van der Waals surface area (Å²) in [7, 11) is 1.37. The van der Waals surface area contributed by atoms with Gasteiger partial charge in [0.2, 0.25) is 0 Å². The number of nitrogens with one attached hydrogen (secondary N) is 2. The Hall–Kier alpha value is -3.79. The number of nitrogens with zero attached hydrogens (tertiary/aromatic N) is 2. The molecule has 1 amide bonds. The van der Waals surface area contributed by atoms with Gasteiger partial charge in [0, 0.05) is 24.4 Å². The minimum atomic E-state index is -4.37. The fraction of sp³-hybridized carbons (Fsp3) is 0.280. The Bertz CT molecular complexity index is 1170. The highest BCUT2D eigenvalue weighted by Gasteiger charge is 2.30. The predicted molar refractivity (Wildman–Crippen MR) is 125 cm³/mol. The van der Waals surface area contributed by atoms with Crippen LogP contribution in [0.1, 0.15) is 40.0 Å². The van der Waals surface area contributed by atoms with Crippen LogP contribution in [0.25, 0.3) is 0 Å². The third-order valence-electron chi connectivity index (χ3n) is 5.70. The van der Waals surface area contributed by atoms with Crippen molar-refractivity contribution in [2.24, 2.45) is 0 Å². The number of amides is 1. The number of carbonyl (C=O) groups excluding carboxylic acids is 1. The number of aromatic nitrogens is 1. The van der Waals surface area contributed by atoms with E-state index in [1.54, 1.807) is 24.4 Å². The van der Waals surface area contributed by atoms with E-state index in [4.69, 9.17) is 4.74 Å². The summed E-state index contributed by atoms with van der Waals surface area (Å²) in [6.45, 7) is 3.39. The smallest absolute Gasteiger partial charge is 0.416 e. The summed E-state index contributed by atoms with van der Waals surface area (Å²) in [5.74, 6) is 0.914. The second-order valence-electron chi connectivity index (χ2n) is 8.09. The fourth-order valence-electron chi connectivity index (χ4n) is 3.88. The summed E-state index contributed by atoms with van der Waals surface area (Å²) in [6, 6.07) is 13.9. The Morgan fingerprint density at radius 2 is 1.86 bits per heavy atom. The molecule has 0 saturated carbocycles. The number of ether oxygens (including phenoxy) is 1. The number of pyridine rings is 1. The van der Waals surface area contributed by atoms with E-state index in [9.17, 15) is 18.0 Å². The third-order valence-corrected chi connectivity index (χ3v) is 5.70. The monoisotopic (exact) mass is 486 g/mol. The van der Waals surface area contributed by atoms with E-state index in [0.717, 1.165) is 28.9 Å². The maximum absolute atomic E-state index is 12.9. The van der Waals surface area contributed by atoms with Gasteiger partial charge in [-0.3, -0.25) is 9.63 Å². The molecule has 0 spiro atoms. The van der Waals surface area contributed by atoms with Crippen molar-refractivity contribution >= 4 is 17.4 Å². The SMILES string of the molecule is CONC(=O)c1ccc([C@H](C)Nc2nccc3c2N(Cc2ccc(C(F)(F)F)cc2)CCO3)cc1. The Kier molecular flexibility index (Phi) is 7.11. The maximum atomic E-state index is 12.9. The van der Waals surface area contributed by atoms with Gasteiger partial charge < -0.3 is 15.0 Å². The first-order valence-corrected chi connectivity index (χ1v) is 11.0. The molecule has 0 saturated heterocycles. The molecular weight excluding hydrogens is 461 g/mol.